The SMILES string of the molecule is C=C(/N=C(/C#CC(C)(C)S(C)(=O)=O)CNNCC(F)(F)F)[C@H](Cc1cc(F)cc(F)c1)NC(=O)Cn1nc(C(F)(F)F)c2c1C(F)(F)[C@@H]1CC21. The first-order chi connectivity index (χ1) is 22.8. The maximum absolute atomic E-state index is 15.0. The first kappa shape index (κ1) is 38.8. The fourth-order valence-corrected chi connectivity index (χ4v) is 5.41. The summed E-state index contributed by atoms with van der Waals surface area (Å²) in [7, 11) is -3.80. The molecule has 0 bridgehead atoms. The van der Waals surface area contributed by atoms with E-state index in [0.717, 1.165) is 18.4 Å². The van der Waals surface area contributed by atoms with E-state index in [1.807, 2.05) is 5.43 Å². The van der Waals surface area contributed by atoms with Crippen LogP contribution >= 0.6 is 0 Å². The number of carbonyl (C=O) groups excluding carboxylic acids is 1. The molecule has 274 valence electrons. The molecule has 3 atom stereocenters. The highest BCUT2D eigenvalue weighted by molar-refractivity contribution is 7.92. The predicted octanol–water partition coefficient (Wildman–Crippen LogP) is 4.55. The number of fused-ring (bicyclic) bond motifs is 3. The van der Waals surface area contributed by atoms with Gasteiger partial charge in [0.2, 0.25) is 5.91 Å². The number of carbonyl (C=O) groups is 1. The number of hydrazine groups is 1. The van der Waals surface area contributed by atoms with Crippen LogP contribution in [0.5, 0.6) is 0 Å². The smallest absolute Gasteiger partial charge is 0.346 e. The number of hydrogen-bond acceptors (Lipinski definition) is 7. The van der Waals surface area contributed by atoms with E-state index in [0.29, 0.717) is 6.07 Å². The summed E-state index contributed by atoms with van der Waals surface area (Å²) in [5, 5.41) is 5.61. The Hall–Kier alpha value is -3.96. The maximum Gasteiger partial charge on any atom is 0.435 e. The molecule has 9 nitrogen and oxygen atoms in total. The summed E-state index contributed by atoms with van der Waals surface area (Å²) in [5.74, 6) is -4.54. The fourth-order valence-electron chi connectivity index (χ4n) is 5.17. The molecule has 2 aliphatic rings. The average molecular weight is 745 g/mol. The van der Waals surface area contributed by atoms with E-state index in [1.165, 1.54) is 13.8 Å². The molecule has 2 aromatic rings. The Morgan fingerprint density at radius 1 is 1.12 bits per heavy atom. The number of hydrogen-bond donors (Lipinski definition) is 3. The molecule has 1 saturated carbocycles. The molecule has 3 N–H and O–H groups in total. The summed E-state index contributed by atoms with van der Waals surface area (Å²) < 4.78 is 160. The summed E-state index contributed by atoms with van der Waals surface area (Å²) in [6.45, 7) is 2.95. The van der Waals surface area contributed by atoms with E-state index >= 15 is 8.78 Å². The van der Waals surface area contributed by atoms with Gasteiger partial charge in [-0.25, -0.2) is 27.6 Å². The number of aliphatic imine (C=N–C) groups is 1. The van der Waals surface area contributed by atoms with Crippen LogP contribution < -0.4 is 16.2 Å². The molecule has 0 spiro atoms. The topological polar surface area (TPSA) is 117 Å². The van der Waals surface area contributed by atoms with Crippen LogP contribution in [0.4, 0.5) is 43.9 Å². The molecule has 20 heteroatoms. The minimum atomic E-state index is -5.10. The minimum absolute atomic E-state index is 0.0917. The van der Waals surface area contributed by atoms with Crippen molar-refractivity contribution in [3.05, 3.63) is 64.6 Å². The molecule has 0 aliphatic heterocycles. The van der Waals surface area contributed by atoms with Gasteiger partial charge in [-0.15, -0.1) is 0 Å². The Morgan fingerprint density at radius 2 is 1.74 bits per heavy atom. The standard InChI is InChI=1S/C30H30F10N6O3S/c1-15(43-19(12-41-42-14-28(33,34)35)5-6-27(2,3)50(4,48)49)22(9-16-7-17(31)10-18(32)8-16)44-23(47)13-46-26-24(25(45-46)30(38,39)40)20-11-21(20)29(26,36)37/h7-8,10,20-22,41-42H,1,9,11-14H2,2-4H3,(H,44,47)/b43-19-/t20?,21-,22+/m1/s1. The van der Waals surface area contributed by atoms with Crippen LogP contribution in [0.15, 0.2) is 35.5 Å². The van der Waals surface area contributed by atoms with Crippen molar-refractivity contribution in [2.24, 2.45) is 10.9 Å². The molecular weight excluding hydrogens is 714 g/mol. The van der Waals surface area contributed by atoms with Crippen molar-refractivity contribution in [3.63, 3.8) is 0 Å². The van der Waals surface area contributed by atoms with Gasteiger partial charge >= 0.3 is 12.4 Å². The van der Waals surface area contributed by atoms with E-state index in [-0.39, 0.29) is 28.1 Å². The number of alkyl halides is 8. The van der Waals surface area contributed by atoms with Crippen molar-refractivity contribution in [3.8, 4) is 11.8 Å². The van der Waals surface area contributed by atoms with Crippen LogP contribution in [-0.4, -0.2) is 66.1 Å². The van der Waals surface area contributed by atoms with E-state index < -0.39 is 111 Å². The zero-order valence-corrected chi connectivity index (χ0v) is 27.3. The number of halogens is 10. The summed E-state index contributed by atoms with van der Waals surface area (Å²) in [5.41, 5.74) is -0.00261. The van der Waals surface area contributed by atoms with Gasteiger partial charge in [0.15, 0.2) is 15.5 Å². The highest BCUT2D eigenvalue weighted by atomic mass is 32.2. The highest BCUT2D eigenvalue weighted by Gasteiger charge is 2.68. The number of nitrogens with one attached hydrogen (secondary N) is 3. The van der Waals surface area contributed by atoms with Gasteiger partial charge in [0.25, 0.3) is 5.92 Å². The second-order valence-corrected chi connectivity index (χ2v) is 14.9. The van der Waals surface area contributed by atoms with Crippen molar-refractivity contribution < 1.29 is 57.1 Å². The third-order valence-corrected chi connectivity index (χ3v) is 9.93. The zero-order valence-electron chi connectivity index (χ0n) is 26.5. The number of rotatable bonds is 12. The monoisotopic (exact) mass is 744 g/mol. The van der Waals surface area contributed by atoms with E-state index in [2.05, 4.69) is 39.3 Å². The lowest BCUT2D eigenvalue weighted by atomic mass is 10.0. The van der Waals surface area contributed by atoms with Gasteiger partial charge in [-0.2, -0.15) is 40.2 Å². The Bertz CT molecular complexity index is 1850. The molecule has 50 heavy (non-hydrogen) atoms. The summed E-state index contributed by atoms with van der Waals surface area (Å²) >= 11 is 0. The zero-order chi connectivity index (χ0) is 37.6. The lowest BCUT2D eigenvalue weighted by Gasteiger charge is -2.21. The lowest BCUT2D eigenvalue weighted by Crippen LogP contribution is -2.42. The van der Waals surface area contributed by atoms with E-state index in [1.54, 1.807) is 0 Å². The molecule has 2 aliphatic carbocycles. The molecule has 0 radical (unpaired) electrons. The van der Waals surface area contributed by atoms with Crippen molar-refractivity contribution >= 4 is 21.5 Å². The van der Waals surface area contributed by atoms with Crippen molar-refractivity contribution in [2.45, 2.75) is 68.2 Å². The first-order valence-electron chi connectivity index (χ1n) is 14.6. The Labute approximate surface area is 279 Å². The maximum atomic E-state index is 15.0. The number of benzene rings is 1. The molecule has 1 fully saturated rings. The predicted molar refractivity (Wildman–Crippen MR) is 159 cm³/mol. The van der Waals surface area contributed by atoms with Crippen LogP contribution in [0.2, 0.25) is 0 Å². The lowest BCUT2D eigenvalue weighted by molar-refractivity contribution is -0.142. The van der Waals surface area contributed by atoms with E-state index in [4.69, 9.17) is 0 Å². The van der Waals surface area contributed by atoms with Crippen LogP contribution in [0.1, 0.15) is 48.7 Å². The molecule has 1 aromatic carbocycles. The van der Waals surface area contributed by atoms with Crippen molar-refractivity contribution in [1.29, 1.82) is 0 Å². The largest absolute Gasteiger partial charge is 0.435 e. The number of aromatic nitrogens is 2. The van der Waals surface area contributed by atoms with Gasteiger partial charge in [0, 0.05) is 23.8 Å². The van der Waals surface area contributed by atoms with Crippen LogP contribution in [0, 0.1) is 29.4 Å². The minimum Gasteiger partial charge on any atom is -0.346 e. The number of sulfone groups is 1. The summed E-state index contributed by atoms with van der Waals surface area (Å²) in [6.07, 6.45) is -9.51. The third kappa shape index (κ3) is 9.03. The molecule has 1 unspecified atom stereocenters. The first-order valence-corrected chi connectivity index (χ1v) is 16.5. The second-order valence-electron chi connectivity index (χ2n) is 12.3. The summed E-state index contributed by atoms with van der Waals surface area (Å²) in [4.78, 5) is 17.3. The quantitative estimate of drug-likeness (QED) is 0.0966. The Morgan fingerprint density at radius 3 is 2.30 bits per heavy atom. The molecule has 1 amide bonds. The van der Waals surface area contributed by atoms with Gasteiger partial charge in [-0.3, -0.25) is 14.9 Å². The van der Waals surface area contributed by atoms with E-state index in [9.17, 15) is 48.3 Å². The van der Waals surface area contributed by atoms with Crippen LogP contribution in [0.3, 0.4) is 0 Å². The van der Waals surface area contributed by atoms with Gasteiger partial charge in [-0.05, 0) is 56.2 Å². The summed E-state index contributed by atoms with van der Waals surface area (Å²) in [6, 6.07) is 0.827. The second kappa shape index (κ2) is 13.6. The van der Waals surface area contributed by atoms with Gasteiger partial charge in [-0.1, -0.05) is 12.5 Å². The molecule has 1 heterocycles. The molecular formula is C30H30F10N6O3S. The van der Waals surface area contributed by atoms with Crippen molar-refractivity contribution in [2.75, 3.05) is 19.3 Å². The number of nitrogens with zero attached hydrogens (tertiary/aromatic N) is 3. The van der Waals surface area contributed by atoms with Gasteiger partial charge in [0.05, 0.1) is 18.3 Å². The number of amides is 1. The molecule has 0 saturated heterocycles. The molecule has 4 rings (SSSR count). The Kier molecular flexibility index (Phi) is 10.6. The highest BCUT2D eigenvalue weighted by Crippen LogP contribution is 2.68. The van der Waals surface area contributed by atoms with Crippen molar-refractivity contribution in [1.82, 2.24) is 25.9 Å². The Balaban J connectivity index is 1.67. The van der Waals surface area contributed by atoms with Gasteiger partial charge in [0.1, 0.15) is 40.9 Å². The fraction of sp³-hybridized carbons (Fsp3) is 0.500. The third-order valence-electron chi connectivity index (χ3n) is 7.98. The van der Waals surface area contributed by atoms with Gasteiger partial charge < -0.3 is 5.32 Å². The van der Waals surface area contributed by atoms with Crippen LogP contribution in [0.25, 0.3) is 0 Å². The molecule has 1 aromatic heterocycles. The average Bonchev–Trinajstić information content (AvgIpc) is 3.59. The normalized spacial score (nSPS) is 19.3. The van der Waals surface area contributed by atoms with Crippen LogP contribution in [-0.2, 0) is 39.7 Å².